The summed E-state index contributed by atoms with van der Waals surface area (Å²) in [5.74, 6) is 0.111. The van der Waals surface area contributed by atoms with Crippen molar-refractivity contribution < 1.29 is 22.8 Å². The highest BCUT2D eigenvalue weighted by Gasteiger charge is 2.46. The Kier molecular flexibility index (Phi) is 7.08. The molecule has 0 saturated carbocycles. The Balaban J connectivity index is 1.69. The zero-order valence-corrected chi connectivity index (χ0v) is 21.5. The number of hydrogen-bond donors (Lipinski definition) is 0. The van der Waals surface area contributed by atoms with E-state index in [-0.39, 0.29) is 24.0 Å². The summed E-state index contributed by atoms with van der Waals surface area (Å²) >= 11 is 0. The highest BCUT2D eigenvalue weighted by molar-refractivity contribution is 5.81. The van der Waals surface area contributed by atoms with Gasteiger partial charge in [0.1, 0.15) is 0 Å². The zero-order chi connectivity index (χ0) is 26.4. The van der Waals surface area contributed by atoms with Crippen LogP contribution in [-0.2, 0) is 17.4 Å². The lowest BCUT2D eigenvalue weighted by atomic mass is 9.89. The molecular weight excluding hydrogens is 467 g/mol. The maximum atomic E-state index is 13.9. The van der Waals surface area contributed by atoms with Gasteiger partial charge in [-0.1, -0.05) is 31.2 Å². The van der Waals surface area contributed by atoms with Crippen molar-refractivity contribution in [2.75, 3.05) is 20.1 Å². The fourth-order valence-corrected chi connectivity index (χ4v) is 5.54. The summed E-state index contributed by atoms with van der Waals surface area (Å²) in [5, 5.41) is 0. The molecule has 5 nitrogen and oxygen atoms in total. The van der Waals surface area contributed by atoms with Crippen molar-refractivity contribution in [3.63, 3.8) is 0 Å². The van der Waals surface area contributed by atoms with Crippen LogP contribution in [0.4, 0.5) is 18.0 Å². The van der Waals surface area contributed by atoms with Crippen LogP contribution in [0.2, 0.25) is 0 Å². The lowest BCUT2D eigenvalue weighted by molar-refractivity contribution is -0.137. The maximum absolute atomic E-state index is 13.9. The van der Waals surface area contributed by atoms with E-state index in [2.05, 4.69) is 0 Å². The van der Waals surface area contributed by atoms with Crippen molar-refractivity contribution in [3.05, 3.63) is 69.8 Å². The second kappa shape index (κ2) is 9.79. The predicted octanol–water partition coefficient (Wildman–Crippen LogP) is 6.05. The van der Waals surface area contributed by atoms with Crippen molar-refractivity contribution in [3.8, 4) is 0 Å². The summed E-state index contributed by atoms with van der Waals surface area (Å²) in [6.45, 7) is 8.47. The first-order chi connectivity index (χ1) is 16.9. The van der Waals surface area contributed by atoms with E-state index in [0.29, 0.717) is 43.5 Å². The van der Waals surface area contributed by atoms with E-state index in [1.807, 2.05) is 48.8 Å². The van der Waals surface area contributed by atoms with Crippen LogP contribution in [0, 0.1) is 13.8 Å². The summed E-state index contributed by atoms with van der Waals surface area (Å²) in [5.41, 5.74) is 3.55. The van der Waals surface area contributed by atoms with Crippen LogP contribution in [0.3, 0.4) is 0 Å². The third-order valence-electron chi connectivity index (χ3n) is 7.98. The monoisotopic (exact) mass is 501 g/mol. The molecule has 2 fully saturated rings. The Bertz CT molecular complexity index is 1160. The van der Waals surface area contributed by atoms with Crippen LogP contribution in [0.5, 0.6) is 0 Å². The minimum absolute atomic E-state index is 0.111. The minimum atomic E-state index is -4.46. The number of hydrogen-bond acceptors (Lipinski definition) is 2. The van der Waals surface area contributed by atoms with Gasteiger partial charge in [0.05, 0.1) is 23.7 Å². The van der Waals surface area contributed by atoms with E-state index in [0.717, 1.165) is 22.8 Å². The van der Waals surface area contributed by atoms with E-state index < -0.39 is 17.8 Å². The molecule has 0 bridgehead atoms. The fourth-order valence-electron chi connectivity index (χ4n) is 5.54. The Hall–Kier alpha value is -3.03. The van der Waals surface area contributed by atoms with E-state index in [9.17, 15) is 22.8 Å². The molecule has 0 aliphatic carbocycles. The molecule has 0 N–H and O–H groups in total. The lowest BCUT2D eigenvalue weighted by Crippen LogP contribution is -2.57. The Morgan fingerprint density at radius 1 is 1.17 bits per heavy atom. The topological polar surface area (TPSA) is 43.9 Å². The Labute approximate surface area is 210 Å². The van der Waals surface area contributed by atoms with E-state index in [4.69, 9.17) is 0 Å². The summed E-state index contributed by atoms with van der Waals surface area (Å²) < 4.78 is 40.6. The first kappa shape index (κ1) is 26.0. The number of nitrogens with zero attached hydrogens (tertiary/aromatic N) is 3. The number of alkyl halides is 3. The fraction of sp³-hybridized carbons (Fsp3) is 0.500. The van der Waals surface area contributed by atoms with E-state index in [1.165, 1.54) is 11.0 Å². The molecule has 194 valence electrons. The van der Waals surface area contributed by atoms with E-state index >= 15 is 0 Å². The smallest absolute Gasteiger partial charge is 0.335 e. The van der Waals surface area contributed by atoms with Gasteiger partial charge >= 0.3 is 12.2 Å². The number of rotatable bonds is 4. The number of aryl methyl sites for hydroxylation is 2. The minimum Gasteiger partial charge on any atom is -0.335 e. The van der Waals surface area contributed by atoms with Crippen molar-refractivity contribution >= 4 is 11.9 Å². The summed E-state index contributed by atoms with van der Waals surface area (Å²) in [6.07, 6.45) is -2.85. The standard InChI is InChI=1S/C28H34F3N3O2/c1-6-20-14-21(16-22(15-20)28(29,30)31)19(4)32(5)27(36)34-13-12-33-24(10-11-25(33)35)26(34)23-9-7-8-17(2)18(23)3/h7-9,14-16,19,24,26H,6,10-13H2,1-5H3/t19-,24+,26+/m1/s1. The molecule has 0 radical (unpaired) electrons. The average Bonchev–Trinajstić information content (AvgIpc) is 3.23. The molecule has 4 rings (SSSR count). The lowest BCUT2D eigenvalue weighted by Gasteiger charge is -2.47. The van der Waals surface area contributed by atoms with Crippen LogP contribution in [0.25, 0.3) is 0 Å². The molecular formula is C28H34F3N3O2. The van der Waals surface area contributed by atoms with Crippen molar-refractivity contribution in [1.29, 1.82) is 0 Å². The molecule has 2 aliphatic rings. The molecule has 8 heteroatoms. The molecule has 2 aromatic rings. The highest BCUT2D eigenvalue weighted by atomic mass is 19.4. The van der Waals surface area contributed by atoms with Gasteiger partial charge in [-0.05, 0) is 73.6 Å². The molecule has 3 amide bonds. The molecule has 36 heavy (non-hydrogen) atoms. The summed E-state index contributed by atoms with van der Waals surface area (Å²) in [4.78, 5) is 31.7. The average molecular weight is 502 g/mol. The number of halogens is 3. The molecule has 2 heterocycles. The normalized spacial score (nSPS) is 20.9. The largest absolute Gasteiger partial charge is 0.416 e. The summed E-state index contributed by atoms with van der Waals surface area (Å²) in [7, 11) is 1.64. The van der Waals surface area contributed by atoms with Gasteiger partial charge < -0.3 is 14.7 Å². The van der Waals surface area contributed by atoms with Crippen LogP contribution < -0.4 is 0 Å². The number of amides is 3. The van der Waals surface area contributed by atoms with Crippen LogP contribution >= 0.6 is 0 Å². The van der Waals surface area contributed by atoms with Crippen LogP contribution in [0.1, 0.15) is 72.2 Å². The molecule has 2 saturated heterocycles. The zero-order valence-electron chi connectivity index (χ0n) is 21.5. The highest BCUT2D eigenvalue weighted by Crippen LogP contribution is 2.40. The Morgan fingerprint density at radius 3 is 2.56 bits per heavy atom. The van der Waals surface area contributed by atoms with Gasteiger partial charge in [-0.25, -0.2) is 4.79 Å². The maximum Gasteiger partial charge on any atom is 0.416 e. The number of carbonyl (C=O) groups excluding carboxylic acids is 2. The second-order valence-corrected chi connectivity index (χ2v) is 10.0. The van der Waals surface area contributed by atoms with Gasteiger partial charge in [-0.15, -0.1) is 0 Å². The molecule has 2 aromatic carbocycles. The van der Waals surface area contributed by atoms with Gasteiger partial charge in [0.25, 0.3) is 0 Å². The van der Waals surface area contributed by atoms with Gasteiger partial charge in [0.2, 0.25) is 5.91 Å². The van der Waals surface area contributed by atoms with Gasteiger partial charge in [-0.2, -0.15) is 13.2 Å². The third kappa shape index (κ3) is 4.70. The number of urea groups is 1. The van der Waals surface area contributed by atoms with Gasteiger partial charge in [0.15, 0.2) is 0 Å². The third-order valence-corrected chi connectivity index (χ3v) is 7.98. The first-order valence-corrected chi connectivity index (χ1v) is 12.5. The molecule has 2 aliphatic heterocycles. The number of piperazine rings is 1. The number of benzene rings is 2. The second-order valence-electron chi connectivity index (χ2n) is 10.0. The van der Waals surface area contributed by atoms with Crippen molar-refractivity contribution in [2.24, 2.45) is 0 Å². The molecule has 0 spiro atoms. The van der Waals surface area contributed by atoms with Crippen LogP contribution in [-0.4, -0.2) is 52.8 Å². The van der Waals surface area contributed by atoms with Crippen LogP contribution in [0.15, 0.2) is 36.4 Å². The van der Waals surface area contributed by atoms with Crippen molar-refractivity contribution in [2.45, 2.75) is 71.3 Å². The molecule has 3 atom stereocenters. The van der Waals surface area contributed by atoms with Gasteiger partial charge in [-0.3, -0.25) is 4.79 Å². The quantitative estimate of drug-likeness (QED) is 0.512. The number of fused-ring (bicyclic) bond motifs is 1. The van der Waals surface area contributed by atoms with Gasteiger partial charge in [0, 0.05) is 26.6 Å². The Morgan fingerprint density at radius 2 is 1.89 bits per heavy atom. The van der Waals surface area contributed by atoms with E-state index in [1.54, 1.807) is 20.0 Å². The number of carbonyl (C=O) groups is 2. The first-order valence-electron chi connectivity index (χ1n) is 12.5. The SMILES string of the molecule is CCc1cc([C@@H](C)N(C)C(=O)N2CCN3C(=O)CC[C@H]3[C@@H]2c2cccc(C)c2C)cc(C(F)(F)F)c1. The molecule has 0 aromatic heterocycles. The predicted molar refractivity (Wildman–Crippen MR) is 132 cm³/mol. The van der Waals surface area contributed by atoms with Crippen molar-refractivity contribution in [1.82, 2.24) is 14.7 Å². The summed E-state index contributed by atoms with van der Waals surface area (Å²) in [6, 6.07) is 8.85. The molecule has 0 unspecified atom stereocenters.